The molecule has 1 unspecified atom stereocenters. The topological polar surface area (TPSA) is 90.9 Å². The van der Waals surface area contributed by atoms with E-state index in [-0.39, 0.29) is 28.6 Å². The quantitative estimate of drug-likeness (QED) is 0.645. The molecule has 3 N–H and O–H groups in total. The number of fused-ring (bicyclic) bond motifs is 2. The van der Waals surface area contributed by atoms with Crippen molar-refractivity contribution < 1.29 is 19.7 Å². The standard InChI is InChI=1S/C18H18O5/c1-18(2,22)14(19)9-10-7-8-12-16(21)11-5-3-4-6-13(11)23-17(12)15(10)20/h3-8,14,19-20,22H,9H2,1-2H3. The normalized spacial score (nSPS) is 13.6. The van der Waals surface area contributed by atoms with Gasteiger partial charge in [-0.05, 0) is 32.0 Å². The molecule has 0 spiro atoms. The van der Waals surface area contributed by atoms with Gasteiger partial charge < -0.3 is 19.7 Å². The monoisotopic (exact) mass is 314 g/mol. The van der Waals surface area contributed by atoms with Gasteiger partial charge in [-0.3, -0.25) is 4.79 Å². The molecule has 5 heteroatoms. The SMILES string of the molecule is CC(C)(O)C(O)Cc1ccc2c(=O)c3ccccc3oc2c1O. The number of aliphatic hydroxyl groups excluding tert-OH is 1. The summed E-state index contributed by atoms with van der Waals surface area (Å²) in [6, 6.07) is 9.96. The molecule has 0 fully saturated rings. The molecule has 0 saturated heterocycles. The van der Waals surface area contributed by atoms with Gasteiger partial charge in [-0.15, -0.1) is 0 Å². The summed E-state index contributed by atoms with van der Waals surface area (Å²) < 4.78 is 5.67. The van der Waals surface area contributed by atoms with Gasteiger partial charge in [0.05, 0.1) is 22.5 Å². The lowest BCUT2D eigenvalue weighted by Crippen LogP contribution is -2.37. The van der Waals surface area contributed by atoms with Gasteiger partial charge in [-0.2, -0.15) is 0 Å². The second kappa shape index (κ2) is 5.37. The van der Waals surface area contributed by atoms with E-state index >= 15 is 0 Å². The van der Waals surface area contributed by atoms with Gasteiger partial charge >= 0.3 is 0 Å². The smallest absolute Gasteiger partial charge is 0.200 e. The first-order valence-corrected chi connectivity index (χ1v) is 7.36. The largest absolute Gasteiger partial charge is 0.504 e. The van der Waals surface area contributed by atoms with Crippen molar-refractivity contribution in [3.8, 4) is 5.75 Å². The highest BCUT2D eigenvalue weighted by atomic mass is 16.4. The maximum Gasteiger partial charge on any atom is 0.200 e. The predicted octanol–water partition coefficient (Wildman–Crippen LogP) is 2.33. The molecular weight excluding hydrogens is 296 g/mol. The molecule has 1 aromatic heterocycles. The Morgan fingerprint density at radius 3 is 2.52 bits per heavy atom. The third kappa shape index (κ3) is 2.69. The van der Waals surface area contributed by atoms with Crippen LogP contribution in [0.25, 0.3) is 21.9 Å². The van der Waals surface area contributed by atoms with Gasteiger partial charge in [-0.25, -0.2) is 0 Å². The van der Waals surface area contributed by atoms with Crippen molar-refractivity contribution in [1.82, 2.24) is 0 Å². The summed E-state index contributed by atoms with van der Waals surface area (Å²) in [6.45, 7) is 2.98. The summed E-state index contributed by atoms with van der Waals surface area (Å²) in [4.78, 5) is 12.5. The average Bonchev–Trinajstić information content (AvgIpc) is 2.50. The highest BCUT2D eigenvalue weighted by molar-refractivity contribution is 5.92. The Hall–Kier alpha value is -2.37. The molecule has 3 rings (SSSR count). The van der Waals surface area contributed by atoms with Crippen LogP contribution in [0, 0.1) is 0 Å². The molecule has 0 radical (unpaired) electrons. The Morgan fingerprint density at radius 1 is 1.13 bits per heavy atom. The molecule has 3 aromatic rings. The molecule has 1 atom stereocenters. The van der Waals surface area contributed by atoms with E-state index < -0.39 is 11.7 Å². The van der Waals surface area contributed by atoms with Crippen LogP contribution in [0.2, 0.25) is 0 Å². The van der Waals surface area contributed by atoms with Crippen molar-refractivity contribution in [2.24, 2.45) is 0 Å². The zero-order valence-corrected chi connectivity index (χ0v) is 12.9. The van der Waals surface area contributed by atoms with Gasteiger partial charge in [-0.1, -0.05) is 18.2 Å². The van der Waals surface area contributed by atoms with Crippen LogP contribution in [0.15, 0.2) is 45.6 Å². The van der Waals surface area contributed by atoms with Crippen LogP contribution < -0.4 is 5.43 Å². The first kappa shape index (κ1) is 15.5. The lowest BCUT2D eigenvalue weighted by atomic mass is 9.94. The average molecular weight is 314 g/mol. The van der Waals surface area contributed by atoms with Gasteiger partial charge in [0.15, 0.2) is 11.3 Å². The molecule has 0 saturated carbocycles. The fraction of sp³-hybridized carbons (Fsp3) is 0.278. The molecule has 0 aliphatic heterocycles. The minimum absolute atomic E-state index is 0.0435. The van der Waals surface area contributed by atoms with E-state index in [9.17, 15) is 20.1 Å². The molecule has 0 amide bonds. The van der Waals surface area contributed by atoms with Crippen molar-refractivity contribution in [2.75, 3.05) is 0 Å². The Bertz CT molecular complexity index is 934. The fourth-order valence-electron chi connectivity index (χ4n) is 2.52. The van der Waals surface area contributed by atoms with Gasteiger partial charge in [0.25, 0.3) is 0 Å². The molecule has 2 aromatic carbocycles. The zero-order chi connectivity index (χ0) is 16.8. The highest BCUT2D eigenvalue weighted by Gasteiger charge is 2.26. The number of phenols is 1. The number of hydrogen-bond donors (Lipinski definition) is 3. The number of hydrogen-bond acceptors (Lipinski definition) is 5. The maximum atomic E-state index is 12.5. The van der Waals surface area contributed by atoms with Gasteiger partial charge in [0, 0.05) is 12.0 Å². The zero-order valence-electron chi connectivity index (χ0n) is 12.9. The molecule has 0 aliphatic carbocycles. The van der Waals surface area contributed by atoms with Crippen LogP contribution in [0.5, 0.6) is 5.75 Å². The first-order valence-electron chi connectivity index (χ1n) is 7.36. The van der Waals surface area contributed by atoms with Crippen molar-refractivity contribution in [3.63, 3.8) is 0 Å². The van der Waals surface area contributed by atoms with Crippen molar-refractivity contribution in [1.29, 1.82) is 0 Å². The summed E-state index contributed by atoms with van der Waals surface area (Å²) in [6.07, 6.45) is -1.01. The Balaban J connectivity index is 2.19. The van der Waals surface area contributed by atoms with E-state index in [2.05, 4.69) is 0 Å². The van der Waals surface area contributed by atoms with E-state index in [0.29, 0.717) is 16.5 Å². The number of phenolic OH excluding ortho intramolecular Hbond substituents is 1. The minimum Gasteiger partial charge on any atom is -0.504 e. The Kier molecular flexibility index (Phi) is 3.62. The number of rotatable bonds is 3. The molecule has 120 valence electrons. The van der Waals surface area contributed by atoms with Crippen LogP contribution in [0.3, 0.4) is 0 Å². The number of para-hydroxylation sites is 1. The molecule has 0 aliphatic rings. The molecule has 23 heavy (non-hydrogen) atoms. The van der Waals surface area contributed by atoms with Crippen LogP contribution in [0.1, 0.15) is 19.4 Å². The van der Waals surface area contributed by atoms with Crippen LogP contribution >= 0.6 is 0 Å². The summed E-state index contributed by atoms with van der Waals surface area (Å²) >= 11 is 0. The number of benzene rings is 2. The van der Waals surface area contributed by atoms with Crippen LogP contribution in [-0.2, 0) is 6.42 Å². The van der Waals surface area contributed by atoms with Crippen LogP contribution in [-0.4, -0.2) is 27.0 Å². The molecular formula is C18H18O5. The summed E-state index contributed by atoms with van der Waals surface area (Å²) in [7, 11) is 0. The van der Waals surface area contributed by atoms with Gasteiger partial charge in [0.2, 0.25) is 5.43 Å². The first-order chi connectivity index (χ1) is 10.8. The summed E-state index contributed by atoms with van der Waals surface area (Å²) in [5.41, 5.74) is -0.627. The lowest BCUT2D eigenvalue weighted by molar-refractivity contribution is -0.0471. The van der Waals surface area contributed by atoms with Gasteiger partial charge in [0.1, 0.15) is 5.58 Å². The Labute approximate surface area is 132 Å². The van der Waals surface area contributed by atoms with Crippen molar-refractivity contribution in [3.05, 3.63) is 52.2 Å². The third-order valence-electron chi connectivity index (χ3n) is 4.03. The summed E-state index contributed by atoms with van der Waals surface area (Å²) in [5.74, 6) is -0.186. The third-order valence-corrected chi connectivity index (χ3v) is 4.03. The van der Waals surface area contributed by atoms with E-state index in [4.69, 9.17) is 4.42 Å². The van der Waals surface area contributed by atoms with E-state index in [1.54, 1.807) is 36.4 Å². The maximum absolute atomic E-state index is 12.5. The van der Waals surface area contributed by atoms with Crippen molar-refractivity contribution >= 4 is 21.9 Å². The lowest BCUT2D eigenvalue weighted by Gasteiger charge is -2.24. The van der Waals surface area contributed by atoms with E-state index in [0.717, 1.165) is 0 Å². The predicted molar refractivity (Wildman–Crippen MR) is 87.7 cm³/mol. The fourth-order valence-corrected chi connectivity index (χ4v) is 2.52. The molecule has 1 heterocycles. The highest BCUT2D eigenvalue weighted by Crippen LogP contribution is 2.31. The van der Waals surface area contributed by atoms with E-state index in [1.165, 1.54) is 13.8 Å². The minimum atomic E-state index is -1.30. The molecule has 5 nitrogen and oxygen atoms in total. The second-order valence-electron chi connectivity index (χ2n) is 6.25. The van der Waals surface area contributed by atoms with Crippen molar-refractivity contribution in [2.45, 2.75) is 32.0 Å². The number of aliphatic hydroxyl groups is 2. The second-order valence-corrected chi connectivity index (χ2v) is 6.25. The Morgan fingerprint density at radius 2 is 1.83 bits per heavy atom. The summed E-state index contributed by atoms with van der Waals surface area (Å²) in [5, 5.41) is 31.0. The molecule has 0 bridgehead atoms. The van der Waals surface area contributed by atoms with Crippen LogP contribution in [0.4, 0.5) is 0 Å². The van der Waals surface area contributed by atoms with E-state index in [1.807, 2.05) is 0 Å². The number of aromatic hydroxyl groups is 1.